The summed E-state index contributed by atoms with van der Waals surface area (Å²) in [5.74, 6) is -6.18. The van der Waals surface area contributed by atoms with Gasteiger partial charge in [-0.25, -0.2) is 0 Å². The molecule has 0 radical (unpaired) electrons. The van der Waals surface area contributed by atoms with Crippen molar-refractivity contribution in [3.63, 3.8) is 0 Å². The number of hydrogen-bond donors (Lipinski definition) is 9. The summed E-state index contributed by atoms with van der Waals surface area (Å²) in [5, 5.41) is 48.6. The number of aliphatic carboxylic acids is 5. The number of carbonyl (C=O) groups is 5. The highest BCUT2D eigenvalue weighted by atomic mass is 16.4. The molecule has 12 N–H and O–H groups in total. The van der Waals surface area contributed by atoms with Gasteiger partial charge in [-0.1, -0.05) is 0 Å². The van der Waals surface area contributed by atoms with E-state index in [1.54, 1.807) is 0 Å². The fourth-order valence-corrected chi connectivity index (χ4v) is 0.757. The van der Waals surface area contributed by atoms with Crippen LogP contribution in [0.5, 0.6) is 0 Å². The highest BCUT2D eigenvalue weighted by Gasteiger charge is 2.16. The van der Waals surface area contributed by atoms with Crippen LogP contribution in [0.25, 0.3) is 0 Å². The predicted octanol–water partition coefficient (Wildman–Crippen LogP) is -3.47. The number of nitrogens with two attached hydrogens (primary N) is 3. The van der Waals surface area contributed by atoms with Gasteiger partial charge >= 0.3 is 29.8 Å². The second-order valence-corrected chi connectivity index (χ2v) is 4.69. The molecule has 0 rings (SSSR count). The van der Waals surface area contributed by atoms with E-state index in [0.29, 0.717) is 0 Å². The topological polar surface area (TPSA) is 285 Å². The number of carboxylic acid groups (broad SMARTS) is 5. The fourth-order valence-electron chi connectivity index (χ4n) is 0.757. The molecule has 0 aromatic rings. The normalized spacial score (nSPS) is 14.0. The van der Waals surface area contributed by atoms with Gasteiger partial charge in [0.2, 0.25) is 0 Å². The zero-order valence-corrected chi connectivity index (χ0v) is 13.7. The van der Waals surface area contributed by atoms with Crippen LogP contribution in [0.3, 0.4) is 0 Å². The zero-order valence-electron chi connectivity index (χ0n) is 13.7. The van der Waals surface area contributed by atoms with Gasteiger partial charge in [0.25, 0.3) is 0 Å². The minimum atomic E-state index is -1.29. The van der Waals surface area contributed by atoms with Crippen molar-refractivity contribution in [2.45, 2.75) is 44.0 Å². The molecule has 0 aliphatic heterocycles. The van der Waals surface area contributed by atoms with Gasteiger partial charge < -0.3 is 47.8 Å². The molecular weight excluding hydrogens is 362 g/mol. The van der Waals surface area contributed by atoms with Crippen molar-refractivity contribution in [1.82, 2.24) is 0 Å². The van der Waals surface area contributed by atoms with Crippen molar-refractivity contribution in [3.8, 4) is 0 Å². The maximum atomic E-state index is 9.86. The Morgan fingerprint density at radius 3 is 1.00 bits per heavy atom. The molecule has 0 saturated carbocycles. The van der Waals surface area contributed by atoms with Gasteiger partial charge in [0, 0.05) is 0 Å². The average molecular weight is 385 g/mol. The Labute approximate surface area is 146 Å². The van der Waals surface area contributed by atoms with E-state index in [1.807, 2.05) is 0 Å². The maximum Gasteiger partial charge on any atom is 0.323 e. The van der Waals surface area contributed by atoms with E-state index in [2.05, 4.69) is 0 Å². The SMILES string of the molecule is C[C@@H](O)[C@H](N)C(=O)O.N[C@@H](CC(=O)O)C(=O)O.N[C@@H](CC(=O)O)C(=O)O. The largest absolute Gasteiger partial charge is 0.481 e. The van der Waals surface area contributed by atoms with Crippen LogP contribution < -0.4 is 17.2 Å². The first-order valence-electron chi connectivity index (χ1n) is 6.70. The molecule has 0 fully saturated rings. The minimum absolute atomic E-state index is 0.532. The van der Waals surface area contributed by atoms with Gasteiger partial charge in [-0.3, -0.25) is 24.0 Å². The smallest absolute Gasteiger partial charge is 0.323 e. The Balaban J connectivity index is -0.000000306. The summed E-state index contributed by atoms with van der Waals surface area (Å²) in [6, 6.07) is -3.74. The molecule has 0 amide bonds. The van der Waals surface area contributed by atoms with E-state index in [1.165, 1.54) is 6.92 Å². The summed E-state index contributed by atoms with van der Waals surface area (Å²) in [4.78, 5) is 49.1. The van der Waals surface area contributed by atoms with E-state index in [4.69, 9.17) is 47.8 Å². The molecule has 0 bridgehead atoms. The Kier molecular flexibility index (Phi) is 15.7. The Morgan fingerprint density at radius 1 is 0.692 bits per heavy atom. The van der Waals surface area contributed by atoms with Gasteiger partial charge in [-0.05, 0) is 6.92 Å². The first-order chi connectivity index (χ1) is 11.6. The third-order valence-electron chi connectivity index (χ3n) is 2.23. The van der Waals surface area contributed by atoms with Gasteiger partial charge in [0.1, 0.15) is 18.1 Å². The van der Waals surface area contributed by atoms with Crippen molar-refractivity contribution in [3.05, 3.63) is 0 Å². The molecule has 152 valence electrons. The zero-order chi connectivity index (χ0) is 21.6. The minimum Gasteiger partial charge on any atom is -0.481 e. The molecule has 0 heterocycles. The Morgan fingerprint density at radius 2 is 0.962 bits per heavy atom. The van der Waals surface area contributed by atoms with Gasteiger partial charge in [0.15, 0.2) is 0 Å². The van der Waals surface area contributed by atoms with E-state index in [-0.39, 0.29) is 0 Å². The quantitative estimate of drug-likeness (QED) is 0.196. The van der Waals surface area contributed by atoms with Crippen molar-refractivity contribution in [1.29, 1.82) is 0 Å². The summed E-state index contributed by atoms with van der Waals surface area (Å²) in [7, 11) is 0. The van der Waals surface area contributed by atoms with Crippen LogP contribution in [0.15, 0.2) is 0 Å². The lowest BCUT2D eigenvalue weighted by molar-refractivity contribution is -0.144. The molecule has 0 aromatic carbocycles. The Bertz CT molecular complexity index is 463. The second-order valence-electron chi connectivity index (χ2n) is 4.69. The Hall–Kier alpha value is -2.81. The van der Waals surface area contributed by atoms with Crippen molar-refractivity contribution >= 4 is 29.8 Å². The molecule has 0 unspecified atom stereocenters. The van der Waals surface area contributed by atoms with Gasteiger partial charge in [-0.2, -0.15) is 0 Å². The lowest BCUT2D eigenvalue weighted by Gasteiger charge is -2.06. The van der Waals surface area contributed by atoms with Crippen LogP contribution in [0.2, 0.25) is 0 Å². The third kappa shape index (κ3) is 19.2. The van der Waals surface area contributed by atoms with E-state index < -0.39 is 66.9 Å². The van der Waals surface area contributed by atoms with E-state index in [0.717, 1.165) is 0 Å². The third-order valence-corrected chi connectivity index (χ3v) is 2.23. The highest BCUT2D eigenvalue weighted by molar-refractivity contribution is 5.80. The average Bonchev–Trinajstić information content (AvgIpc) is 2.45. The predicted molar refractivity (Wildman–Crippen MR) is 83.0 cm³/mol. The summed E-state index contributed by atoms with van der Waals surface area (Å²) in [6.07, 6.45) is -2.04. The fraction of sp³-hybridized carbons (Fsp3) is 0.583. The standard InChI is InChI=1S/2C4H7NO4.C4H9NO3/c2*5-2(4(8)9)1-3(6)7;1-2(6)3(5)4(7)8/h2*2H,1,5H2,(H,6,7)(H,8,9);2-3,6H,5H2,1H3,(H,7,8)/t2*2-;2-,3+/m001/s1. The van der Waals surface area contributed by atoms with Crippen LogP contribution in [0.1, 0.15) is 19.8 Å². The molecule has 0 spiro atoms. The number of carboxylic acids is 5. The highest BCUT2D eigenvalue weighted by Crippen LogP contribution is 1.87. The van der Waals surface area contributed by atoms with Crippen LogP contribution in [-0.2, 0) is 24.0 Å². The number of aliphatic hydroxyl groups is 1. The number of rotatable bonds is 8. The lowest BCUT2D eigenvalue weighted by atomic mass is 10.2. The number of aliphatic hydroxyl groups excluding tert-OH is 1. The molecule has 0 saturated heterocycles. The molecule has 0 aromatic heterocycles. The van der Waals surface area contributed by atoms with E-state index in [9.17, 15) is 24.0 Å². The molecule has 0 aliphatic carbocycles. The summed E-state index contributed by atoms with van der Waals surface area (Å²) in [5.41, 5.74) is 14.6. The van der Waals surface area contributed by atoms with E-state index >= 15 is 0 Å². The first-order valence-corrected chi connectivity index (χ1v) is 6.70. The van der Waals surface area contributed by atoms with Crippen LogP contribution in [-0.4, -0.2) is 84.7 Å². The van der Waals surface area contributed by atoms with Crippen LogP contribution in [0.4, 0.5) is 0 Å². The molecule has 14 nitrogen and oxygen atoms in total. The van der Waals surface area contributed by atoms with Crippen molar-refractivity contribution in [2.24, 2.45) is 17.2 Å². The summed E-state index contributed by atoms with van der Waals surface area (Å²) >= 11 is 0. The summed E-state index contributed by atoms with van der Waals surface area (Å²) in [6.45, 7) is 1.33. The molecule has 26 heavy (non-hydrogen) atoms. The maximum absolute atomic E-state index is 9.86. The second kappa shape index (κ2) is 14.5. The molecular formula is C12H23N3O11. The first kappa shape index (κ1) is 28.0. The van der Waals surface area contributed by atoms with Crippen LogP contribution >= 0.6 is 0 Å². The van der Waals surface area contributed by atoms with Gasteiger partial charge in [-0.15, -0.1) is 0 Å². The van der Waals surface area contributed by atoms with Crippen molar-refractivity contribution < 1.29 is 54.6 Å². The monoisotopic (exact) mass is 385 g/mol. The number of hydrogen-bond acceptors (Lipinski definition) is 9. The summed E-state index contributed by atoms with van der Waals surface area (Å²) < 4.78 is 0. The molecule has 4 atom stereocenters. The molecule has 0 aliphatic rings. The van der Waals surface area contributed by atoms with Crippen molar-refractivity contribution in [2.75, 3.05) is 0 Å². The molecule has 14 heteroatoms. The van der Waals surface area contributed by atoms with Gasteiger partial charge in [0.05, 0.1) is 18.9 Å². The van der Waals surface area contributed by atoms with Crippen LogP contribution in [0, 0.1) is 0 Å². The lowest BCUT2D eigenvalue weighted by Crippen LogP contribution is -2.39.